The van der Waals surface area contributed by atoms with Crippen molar-refractivity contribution in [3.63, 3.8) is 0 Å². The van der Waals surface area contributed by atoms with Crippen LogP contribution >= 0.6 is 12.2 Å². The van der Waals surface area contributed by atoms with Crippen LogP contribution in [0.15, 0.2) is 24.3 Å². The van der Waals surface area contributed by atoms with Crippen LogP contribution in [0, 0.1) is 6.92 Å². The minimum absolute atomic E-state index is 0.158. The third-order valence-electron chi connectivity index (χ3n) is 4.88. The summed E-state index contributed by atoms with van der Waals surface area (Å²) in [5, 5.41) is 4.16. The predicted octanol–water partition coefficient (Wildman–Crippen LogP) is 3.82. The van der Waals surface area contributed by atoms with E-state index in [1.54, 1.807) is 6.92 Å². The molecule has 5 nitrogen and oxygen atoms in total. The fraction of sp³-hybridized carbons (Fsp3) is 0.619. The zero-order valence-corrected chi connectivity index (χ0v) is 17.8. The molecule has 1 aliphatic heterocycles. The minimum atomic E-state index is 0.158. The molecule has 0 aliphatic carbocycles. The van der Waals surface area contributed by atoms with Crippen molar-refractivity contribution in [3.05, 3.63) is 29.8 Å². The second-order valence-corrected chi connectivity index (χ2v) is 7.89. The number of hydrogen-bond donors (Lipinski definition) is 1. The van der Waals surface area contributed by atoms with Gasteiger partial charge in [0.1, 0.15) is 0 Å². The Hall–Kier alpha value is -1.66. The first kappa shape index (κ1) is 21.6. The van der Waals surface area contributed by atoms with Crippen LogP contribution < -0.4 is 5.32 Å². The quantitative estimate of drug-likeness (QED) is 0.565. The van der Waals surface area contributed by atoms with E-state index < -0.39 is 0 Å². The van der Waals surface area contributed by atoms with Crippen LogP contribution in [0.3, 0.4) is 0 Å². The van der Waals surface area contributed by atoms with Gasteiger partial charge in [-0.1, -0.05) is 12.1 Å². The van der Waals surface area contributed by atoms with Gasteiger partial charge >= 0.3 is 0 Å². The molecule has 27 heavy (non-hydrogen) atoms. The van der Waals surface area contributed by atoms with Gasteiger partial charge in [-0.25, -0.2) is 0 Å². The minimum Gasteiger partial charge on any atom is -0.379 e. The molecule has 2 rings (SSSR count). The Morgan fingerprint density at radius 2 is 2.07 bits per heavy atom. The largest absolute Gasteiger partial charge is 0.379 e. The summed E-state index contributed by atoms with van der Waals surface area (Å²) >= 11 is 5.76. The van der Waals surface area contributed by atoms with Crippen molar-refractivity contribution in [2.75, 3.05) is 31.6 Å². The zero-order valence-electron chi connectivity index (χ0n) is 17.0. The Kier molecular flexibility index (Phi) is 8.51. The smallest absolute Gasteiger partial charge is 0.219 e. The van der Waals surface area contributed by atoms with E-state index in [9.17, 15) is 4.79 Å². The summed E-state index contributed by atoms with van der Waals surface area (Å²) in [4.78, 5) is 15.8. The lowest BCUT2D eigenvalue weighted by atomic mass is 10.0. The first-order valence-electron chi connectivity index (χ1n) is 9.88. The monoisotopic (exact) mass is 391 g/mol. The van der Waals surface area contributed by atoms with E-state index in [0.29, 0.717) is 6.04 Å². The molecule has 6 heteroatoms. The van der Waals surface area contributed by atoms with Gasteiger partial charge in [0.25, 0.3) is 0 Å². The van der Waals surface area contributed by atoms with E-state index >= 15 is 0 Å². The van der Waals surface area contributed by atoms with Crippen LogP contribution in [-0.2, 0) is 9.53 Å². The standard InChI is InChI=1S/C21H33N3O2S/c1-16(2)26-14-6-11-24(20-9-12-23(13-10-20)18(4)25)21(27)22-19-8-5-7-17(3)15-19/h5,7-8,15-16,20H,6,9-14H2,1-4H3,(H,22,27). The molecule has 1 heterocycles. The molecule has 0 unspecified atom stereocenters. The summed E-state index contributed by atoms with van der Waals surface area (Å²) in [6.45, 7) is 11.0. The second-order valence-electron chi connectivity index (χ2n) is 7.50. The van der Waals surface area contributed by atoms with Gasteiger partial charge in [-0.15, -0.1) is 0 Å². The lowest BCUT2D eigenvalue weighted by Crippen LogP contribution is -2.50. The van der Waals surface area contributed by atoms with Crippen LogP contribution in [-0.4, -0.2) is 59.2 Å². The SMILES string of the molecule is CC(=O)N1CCC(N(CCCOC(C)C)C(=S)Nc2cccc(C)c2)CC1. The number of hydrogen-bond acceptors (Lipinski definition) is 3. The average Bonchev–Trinajstić information content (AvgIpc) is 2.61. The fourth-order valence-electron chi connectivity index (χ4n) is 3.41. The average molecular weight is 392 g/mol. The van der Waals surface area contributed by atoms with Gasteiger partial charge in [0.2, 0.25) is 5.91 Å². The van der Waals surface area contributed by atoms with E-state index in [4.69, 9.17) is 17.0 Å². The molecule has 0 spiro atoms. The van der Waals surface area contributed by atoms with Gasteiger partial charge in [-0.3, -0.25) is 4.79 Å². The molecule has 1 N–H and O–H groups in total. The summed E-state index contributed by atoms with van der Waals surface area (Å²) in [6, 6.07) is 8.60. The van der Waals surface area contributed by atoms with Gasteiger partial charge in [0, 0.05) is 44.9 Å². The summed E-state index contributed by atoms with van der Waals surface area (Å²) in [7, 11) is 0. The summed E-state index contributed by atoms with van der Waals surface area (Å²) in [5.74, 6) is 0.158. The van der Waals surface area contributed by atoms with Gasteiger partial charge < -0.3 is 19.9 Å². The molecule has 0 atom stereocenters. The summed E-state index contributed by atoms with van der Waals surface area (Å²) < 4.78 is 5.70. The van der Waals surface area contributed by atoms with Gasteiger partial charge in [0.05, 0.1) is 6.10 Å². The molecule has 1 aliphatic rings. The Balaban J connectivity index is 2.00. The number of thiocarbonyl (C=S) groups is 1. The number of nitrogens with one attached hydrogen (secondary N) is 1. The number of ether oxygens (including phenoxy) is 1. The Morgan fingerprint density at radius 1 is 1.37 bits per heavy atom. The van der Waals surface area contributed by atoms with E-state index in [1.165, 1.54) is 5.56 Å². The van der Waals surface area contributed by atoms with E-state index in [2.05, 4.69) is 43.1 Å². The Bertz CT molecular complexity index is 628. The Morgan fingerprint density at radius 3 is 2.67 bits per heavy atom. The van der Waals surface area contributed by atoms with Gasteiger partial charge in [0.15, 0.2) is 5.11 Å². The van der Waals surface area contributed by atoms with Gasteiger partial charge in [-0.05, 0) is 69.9 Å². The van der Waals surface area contributed by atoms with Crippen molar-refractivity contribution in [3.8, 4) is 0 Å². The number of carbonyl (C=O) groups is 1. The van der Waals surface area contributed by atoms with E-state index in [-0.39, 0.29) is 12.0 Å². The van der Waals surface area contributed by atoms with E-state index in [0.717, 1.165) is 56.3 Å². The van der Waals surface area contributed by atoms with Crippen LogP contribution in [0.1, 0.15) is 45.6 Å². The van der Waals surface area contributed by atoms with Crippen molar-refractivity contribution < 1.29 is 9.53 Å². The topological polar surface area (TPSA) is 44.8 Å². The molecule has 0 radical (unpaired) electrons. The third kappa shape index (κ3) is 7.11. The van der Waals surface area contributed by atoms with Crippen molar-refractivity contribution >= 4 is 28.9 Å². The summed E-state index contributed by atoms with van der Waals surface area (Å²) in [6.07, 6.45) is 3.07. The summed E-state index contributed by atoms with van der Waals surface area (Å²) in [5.41, 5.74) is 2.22. The molecule has 1 amide bonds. The third-order valence-corrected chi connectivity index (χ3v) is 5.21. The number of rotatable bonds is 7. The molecule has 0 aromatic heterocycles. The van der Waals surface area contributed by atoms with Crippen molar-refractivity contribution in [2.24, 2.45) is 0 Å². The number of likely N-dealkylation sites (tertiary alicyclic amines) is 1. The van der Waals surface area contributed by atoms with Crippen LogP contribution in [0.4, 0.5) is 5.69 Å². The number of nitrogens with zero attached hydrogens (tertiary/aromatic N) is 2. The Labute approximate surface area is 169 Å². The molecule has 1 fully saturated rings. The first-order chi connectivity index (χ1) is 12.9. The molecule has 1 saturated heterocycles. The molecular weight excluding hydrogens is 358 g/mol. The van der Waals surface area contributed by atoms with Crippen LogP contribution in [0.2, 0.25) is 0 Å². The van der Waals surface area contributed by atoms with Crippen LogP contribution in [0.5, 0.6) is 0 Å². The van der Waals surface area contributed by atoms with Crippen LogP contribution in [0.25, 0.3) is 0 Å². The number of amides is 1. The van der Waals surface area contributed by atoms with Crippen molar-refractivity contribution in [1.29, 1.82) is 0 Å². The maximum absolute atomic E-state index is 11.6. The molecule has 0 bridgehead atoms. The highest BCUT2D eigenvalue weighted by Crippen LogP contribution is 2.19. The predicted molar refractivity (Wildman–Crippen MR) is 115 cm³/mol. The number of aryl methyl sites for hydroxylation is 1. The fourth-order valence-corrected chi connectivity index (χ4v) is 3.77. The lowest BCUT2D eigenvalue weighted by Gasteiger charge is -2.39. The van der Waals surface area contributed by atoms with Crippen molar-refractivity contribution in [2.45, 2.75) is 59.1 Å². The highest BCUT2D eigenvalue weighted by Gasteiger charge is 2.27. The number of carbonyl (C=O) groups excluding carboxylic acids is 1. The molecule has 0 saturated carbocycles. The first-order valence-corrected chi connectivity index (χ1v) is 10.3. The molecule has 1 aromatic carbocycles. The lowest BCUT2D eigenvalue weighted by molar-refractivity contribution is -0.130. The number of piperidine rings is 1. The highest BCUT2D eigenvalue weighted by molar-refractivity contribution is 7.80. The number of benzene rings is 1. The maximum Gasteiger partial charge on any atom is 0.219 e. The molecule has 1 aromatic rings. The van der Waals surface area contributed by atoms with Gasteiger partial charge in [-0.2, -0.15) is 0 Å². The zero-order chi connectivity index (χ0) is 19.8. The second kappa shape index (κ2) is 10.6. The molecular formula is C21H33N3O2S. The normalized spacial score (nSPS) is 15.1. The number of anilines is 1. The maximum atomic E-state index is 11.6. The highest BCUT2D eigenvalue weighted by atomic mass is 32.1. The molecule has 150 valence electrons. The van der Waals surface area contributed by atoms with E-state index in [1.807, 2.05) is 17.0 Å². The van der Waals surface area contributed by atoms with Crippen molar-refractivity contribution in [1.82, 2.24) is 9.80 Å².